The monoisotopic (exact) mass is 239 g/mol. The van der Waals surface area contributed by atoms with E-state index in [1.165, 1.54) is 12.1 Å². The highest BCUT2D eigenvalue weighted by molar-refractivity contribution is 5.26. The van der Waals surface area contributed by atoms with Crippen molar-refractivity contribution in [2.75, 3.05) is 0 Å². The molecule has 0 saturated carbocycles. The van der Waals surface area contributed by atoms with E-state index in [0.717, 1.165) is 24.4 Å². The van der Waals surface area contributed by atoms with E-state index in [4.69, 9.17) is 0 Å². The van der Waals surface area contributed by atoms with Gasteiger partial charge in [0.1, 0.15) is 11.9 Å². The number of aromatic nitrogens is 1. The molecule has 0 fully saturated rings. The number of pyridine rings is 1. The van der Waals surface area contributed by atoms with Crippen molar-refractivity contribution in [2.24, 2.45) is 0 Å². The van der Waals surface area contributed by atoms with Crippen LogP contribution in [-0.2, 0) is 0 Å². The van der Waals surface area contributed by atoms with E-state index in [1.54, 1.807) is 0 Å². The van der Waals surface area contributed by atoms with Gasteiger partial charge in [-0.3, -0.25) is 4.98 Å². The fourth-order valence-electron chi connectivity index (χ4n) is 1.40. The molecule has 17 heavy (non-hydrogen) atoms. The predicted molar refractivity (Wildman–Crippen MR) is 54.6 cm³/mol. The van der Waals surface area contributed by atoms with Crippen LogP contribution >= 0.6 is 0 Å². The lowest BCUT2D eigenvalue weighted by molar-refractivity contribution is 0.214. The van der Waals surface area contributed by atoms with Crippen molar-refractivity contribution in [3.05, 3.63) is 65.2 Å². The quantitative estimate of drug-likeness (QED) is 0.873. The molecule has 1 atom stereocenters. The summed E-state index contributed by atoms with van der Waals surface area (Å²) in [5, 5.41) is 9.82. The Morgan fingerprint density at radius 3 is 2.35 bits per heavy atom. The minimum Gasteiger partial charge on any atom is -0.382 e. The molecule has 2 nitrogen and oxygen atoms in total. The van der Waals surface area contributed by atoms with Crippen molar-refractivity contribution >= 4 is 0 Å². The van der Waals surface area contributed by atoms with Gasteiger partial charge in [0.25, 0.3) is 0 Å². The molecular formula is C12H8F3NO. The Hall–Kier alpha value is -1.88. The van der Waals surface area contributed by atoms with E-state index < -0.39 is 23.6 Å². The maximum absolute atomic E-state index is 13.0. The molecule has 88 valence electrons. The van der Waals surface area contributed by atoms with Crippen LogP contribution in [0, 0.1) is 17.5 Å². The van der Waals surface area contributed by atoms with Crippen LogP contribution in [0.5, 0.6) is 0 Å². The highest BCUT2D eigenvalue weighted by atomic mass is 19.2. The van der Waals surface area contributed by atoms with Crippen LogP contribution in [0.3, 0.4) is 0 Å². The third kappa shape index (κ3) is 2.45. The van der Waals surface area contributed by atoms with Crippen molar-refractivity contribution in [1.82, 2.24) is 4.98 Å². The van der Waals surface area contributed by atoms with Crippen LogP contribution in [0.1, 0.15) is 17.4 Å². The number of hydrogen-bond donors (Lipinski definition) is 1. The summed E-state index contributed by atoms with van der Waals surface area (Å²) in [4.78, 5) is 3.67. The van der Waals surface area contributed by atoms with Gasteiger partial charge in [-0.25, -0.2) is 13.2 Å². The average Bonchev–Trinajstić information content (AvgIpc) is 2.33. The van der Waals surface area contributed by atoms with Gasteiger partial charge >= 0.3 is 0 Å². The molecule has 0 saturated heterocycles. The summed E-state index contributed by atoms with van der Waals surface area (Å²) in [7, 11) is 0. The summed E-state index contributed by atoms with van der Waals surface area (Å²) in [5.41, 5.74) is 0.320. The summed E-state index contributed by atoms with van der Waals surface area (Å²) < 4.78 is 38.3. The molecular weight excluding hydrogens is 231 g/mol. The SMILES string of the molecule is OC(c1ccc(F)c(F)c1)c1ccc(F)cn1. The number of halogens is 3. The van der Waals surface area contributed by atoms with Gasteiger partial charge < -0.3 is 5.11 Å². The summed E-state index contributed by atoms with van der Waals surface area (Å²) >= 11 is 0. The Labute approximate surface area is 95.4 Å². The van der Waals surface area contributed by atoms with Crippen LogP contribution in [0.4, 0.5) is 13.2 Å². The molecule has 0 radical (unpaired) electrons. The van der Waals surface area contributed by atoms with Crippen molar-refractivity contribution in [1.29, 1.82) is 0 Å². The Bertz CT molecular complexity index is 528. The molecule has 1 aromatic heterocycles. The largest absolute Gasteiger partial charge is 0.382 e. The molecule has 5 heteroatoms. The minimum absolute atomic E-state index is 0.156. The first-order valence-electron chi connectivity index (χ1n) is 4.82. The maximum atomic E-state index is 13.0. The summed E-state index contributed by atoms with van der Waals surface area (Å²) in [6.45, 7) is 0. The zero-order valence-electron chi connectivity index (χ0n) is 8.57. The van der Waals surface area contributed by atoms with E-state index in [0.29, 0.717) is 0 Å². The third-order valence-electron chi connectivity index (χ3n) is 2.29. The average molecular weight is 239 g/mol. The summed E-state index contributed by atoms with van der Waals surface area (Å²) in [6.07, 6.45) is -0.274. The third-order valence-corrected chi connectivity index (χ3v) is 2.29. The first-order chi connectivity index (χ1) is 8.08. The minimum atomic E-state index is -1.22. The molecule has 0 aliphatic carbocycles. The van der Waals surface area contributed by atoms with Gasteiger partial charge in [-0.2, -0.15) is 0 Å². The summed E-state index contributed by atoms with van der Waals surface area (Å²) in [5.74, 6) is -2.58. The van der Waals surface area contributed by atoms with Gasteiger partial charge in [-0.05, 0) is 29.8 Å². The second kappa shape index (κ2) is 4.55. The Kier molecular flexibility index (Phi) is 3.10. The molecule has 0 amide bonds. The van der Waals surface area contributed by atoms with Gasteiger partial charge in [0.2, 0.25) is 0 Å². The number of aliphatic hydroxyl groups excluding tert-OH is 1. The smallest absolute Gasteiger partial charge is 0.159 e. The van der Waals surface area contributed by atoms with Crippen molar-refractivity contribution in [2.45, 2.75) is 6.10 Å². The van der Waals surface area contributed by atoms with Crippen LogP contribution in [-0.4, -0.2) is 10.1 Å². The zero-order valence-corrected chi connectivity index (χ0v) is 8.57. The molecule has 1 N–H and O–H groups in total. The molecule has 0 aliphatic heterocycles. The van der Waals surface area contributed by atoms with Crippen molar-refractivity contribution < 1.29 is 18.3 Å². The normalized spacial score (nSPS) is 12.5. The molecule has 0 bridgehead atoms. The number of hydrogen-bond acceptors (Lipinski definition) is 2. The Morgan fingerprint density at radius 2 is 1.76 bits per heavy atom. The Balaban J connectivity index is 2.33. The fourth-order valence-corrected chi connectivity index (χ4v) is 1.40. The van der Waals surface area contributed by atoms with E-state index in [1.807, 2.05) is 0 Å². The van der Waals surface area contributed by atoms with Gasteiger partial charge in [-0.15, -0.1) is 0 Å². The first-order valence-corrected chi connectivity index (χ1v) is 4.82. The zero-order chi connectivity index (χ0) is 12.4. The van der Waals surface area contributed by atoms with E-state index in [-0.39, 0.29) is 11.3 Å². The number of benzene rings is 1. The van der Waals surface area contributed by atoms with E-state index in [9.17, 15) is 18.3 Å². The maximum Gasteiger partial charge on any atom is 0.159 e. The summed E-state index contributed by atoms with van der Waals surface area (Å²) in [6, 6.07) is 5.45. The number of nitrogens with zero attached hydrogens (tertiary/aromatic N) is 1. The second-order valence-corrected chi connectivity index (χ2v) is 3.48. The molecule has 2 rings (SSSR count). The van der Waals surface area contributed by atoms with Gasteiger partial charge in [0, 0.05) is 0 Å². The predicted octanol–water partition coefficient (Wildman–Crippen LogP) is 2.58. The second-order valence-electron chi connectivity index (χ2n) is 3.48. The van der Waals surface area contributed by atoms with Crippen molar-refractivity contribution in [3.8, 4) is 0 Å². The van der Waals surface area contributed by atoms with E-state index in [2.05, 4.69) is 4.98 Å². The Morgan fingerprint density at radius 1 is 1.00 bits per heavy atom. The number of aliphatic hydroxyl groups is 1. The number of rotatable bonds is 2. The van der Waals surface area contributed by atoms with Gasteiger partial charge in [0.05, 0.1) is 11.9 Å². The highest BCUT2D eigenvalue weighted by Gasteiger charge is 2.14. The van der Waals surface area contributed by atoms with Gasteiger partial charge in [0.15, 0.2) is 11.6 Å². The topological polar surface area (TPSA) is 33.1 Å². The van der Waals surface area contributed by atoms with E-state index >= 15 is 0 Å². The molecule has 0 spiro atoms. The van der Waals surface area contributed by atoms with Crippen LogP contribution < -0.4 is 0 Å². The molecule has 2 aromatic rings. The molecule has 1 unspecified atom stereocenters. The lowest BCUT2D eigenvalue weighted by atomic mass is 10.1. The van der Waals surface area contributed by atoms with Crippen LogP contribution in [0.2, 0.25) is 0 Å². The molecule has 0 aliphatic rings. The standard InChI is InChI=1S/C12H8F3NO/c13-8-2-4-11(16-6-8)12(17)7-1-3-9(14)10(15)5-7/h1-6,12,17H. The fraction of sp³-hybridized carbons (Fsp3) is 0.0833. The molecule has 1 heterocycles. The lowest BCUT2D eigenvalue weighted by Crippen LogP contribution is -2.03. The van der Waals surface area contributed by atoms with Gasteiger partial charge in [-0.1, -0.05) is 6.07 Å². The molecule has 1 aromatic carbocycles. The van der Waals surface area contributed by atoms with Crippen LogP contribution in [0.25, 0.3) is 0 Å². The first kappa shape index (κ1) is 11.6. The van der Waals surface area contributed by atoms with Crippen LogP contribution in [0.15, 0.2) is 36.5 Å². The highest BCUT2D eigenvalue weighted by Crippen LogP contribution is 2.21. The lowest BCUT2D eigenvalue weighted by Gasteiger charge is -2.10. The van der Waals surface area contributed by atoms with Crippen molar-refractivity contribution in [3.63, 3.8) is 0 Å².